The fourth-order valence-corrected chi connectivity index (χ4v) is 4.19. The predicted octanol–water partition coefficient (Wildman–Crippen LogP) is 4.10. The molecule has 0 bridgehead atoms. The largest absolute Gasteiger partial charge is 0.296 e. The Balaban J connectivity index is 1.88. The lowest BCUT2D eigenvalue weighted by Crippen LogP contribution is -2.33. The fraction of sp³-hybridized carbons (Fsp3) is 0.600. The molecular weight excluding hydrogens is 226 g/mol. The van der Waals surface area contributed by atoms with Crippen LogP contribution in [-0.4, -0.2) is 23.7 Å². The normalized spacial score (nSPS) is 26.2. The summed E-state index contributed by atoms with van der Waals surface area (Å²) in [4.78, 5) is 4.26. The molecule has 0 saturated carbocycles. The van der Waals surface area contributed by atoms with Gasteiger partial charge in [0.15, 0.2) is 0 Å². The van der Waals surface area contributed by atoms with Crippen molar-refractivity contribution in [2.45, 2.75) is 43.0 Å². The summed E-state index contributed by atoms with van der Waals surface area (Å²) in [5, 5.41) is 0. The topological polar surface area (TPSA) is 3.24 Å². The third-order valence-electron chi connectivity index (χ3n) is 3.99. The average Bonchev–Trinajstić information content (AvgIpc) is 2.62. The highest BCUT2D eigenvalue weighted by molar-refractivity contribution is 7.99. The molecular formula is C15H21NS. The Labute approximate surface area is 109 Å². The lowest BCUT2D eigenvalue weighted by molar-refractivity contribution is 0.154. The molecule has 0 amide bonds. The summed E-state index contributed by atoms with van der Waals surface area (Å²) in [6.45, 7) is 2.62. The van der Waals surface area contributed by atoms with E-state index in [4.69, 9.17) is 0 Å². The SMILES string of the molecule is c1ccc2c(c1)SCCCC2N1CCCCC1. The van der Waals surface area contributed by atoms with E-state index in [0.717, 1.165) is 0 Å². The van der Waals surface area contributed by atoms with E-state index in [0.29, 0.717) is 6.04 Å². The Morgan fingerprint density at radius 1 is 1.00 bits per heavy atom. The summed E-state index contributed by atoms with van der Waals surface area (Å²) in [5.74, 6) is 1.29. The molecule has 2 aliphatic heterocycles. The van der Waals surface area contributed by atoms with Gasteiger partial charge in [0.05, 0.1) is 0 Å². The molecule has 0 radical (unpaired) electrons. The quantitative estimate of drug-likeness (QED) is 0.735. The molecule has 0 N–H and O–H groups in total. The molecule has 1 saturated heterocycles. The highest BCUT2D eigenvalue weighted by atomic mass is 32.2. The number of benzene rings is 1. The summed E-state index contributed by atoms with van der Waals surface area (Å²) in [7, 11) is 0. The number of hydrogen-bond acceptors (Lipinski definition) is 2. The Morgan fingerprint density at radius 3 is 2.71 bits per heavy atom. The van der Waals surface area contributed by atoms with E-state index in [1.165, 1.54) is 55.8 Å². The van der Waals surface area contributed by atoms with E-state index in [1.54, 1.807) is 5.56 Å². The first-order valence-electron chi connectivity index (χ1n) is 6.91. The molecule has 0 aliphatic carbocycles. The van der Waals surface area contributed by atoms with Gasteiger partial charge >= 0.3 is 0 Å². The van der Waals surface area contributed by atoms with Crippen molar-refractivity contribution < 1.29 is 0 Å². The number of piperidine rings is 1. The van der Waals surface area contributed by atoms with Crippen molar-refractivity contribution in [3.05, 3.63) is 29.8 Å². The van der Waals surface area contributed by atoms with Crippen LogP contribution in [0.25, 0.3) is 0 Å². The van der Waals surface area contributed by atoms with E-state index in [9.17, 15) is 0 Å². The summed E-state index contributed by atoms with van der Waals surface area (Å²) < 4.78 is 0. The number of nitrogens with zero attached hydrogens (tertiary/aromatic N) is 1. The number of hydrogen-bond donors (Lipinski definition) is 0. The van der Waals surface area contributed by atoms with E-state index in [2.05, 4.69) is 40.9 Å². The molecule has 0 aromatic heterocycles. The molecule has 0 spiro atoms. The molecule has 1 atom stereocenters. The highest BCUT2D eigenvalue weighted by Crippen LogP contribution is 2.38. The van der Waals surface area contributed by atoms with Gasteiger partial charge in [-0.05, 0) is 56.2 Å². The van der Waals surface area contributed by atoms with Crippen LogP contribution in [0.4, 0.5) is 0 Å². The van der Waals surface area contributed by atoms with Crippen LogP contribution in [0.15, 0.2) is 29.2 Å². The predicted molar refractivity (Wildman–Crippen MR) is 74.6 cm³/mol. The second-order valence-electron chi connectivity index (χ2n) is 5.14. The molecule has 1 nitrogen and oxygen atoms in total. The molecule has 3 rings (SSSR count). The van der Waals surface area contributed by atoms with Gasteiger partial charge in [-0.3, -0.25) is 4.90 Å². The number of likely N-dealkylation sites (tertiary alicyclic amines) is 1. The zero-order chi connectivity index (χ0) is 11.5. The van der Waals surface area contributed by atoms with Gasteiger partial charge in [-0.2, -0.15) is 0 Å². The van der Waals surface area contributed by atoms with Crippen molar-refractivity contribution in [1.82, 2.24) is 4.90 Å². The van der Waals surface area contributed by atoms with Crippen LogP contribution in [-0.2, 0) is 0 Å². The molecule has 1 fully saturated rings. The maximum atomic E-state index is 2.73. The van der Waals surface area contributed by atoms with E-state index < -0.39 is 0 Å². The van der Waals surface area contributed by atoms with Crippen molar-refractivity contribution >= 4 is 11.8 Å². The first-order valence-corrected chi connectivity index (χ1v) is 7.89. The third-order valence-corrected chi connectivity index (χ3v) is 5.16. The molecule has 1 unspecified atom stereocenters. The van der Waals surface area contributed by atoms with Gasteiger partial charge in [-0.1, -0.05) is 24.6 Å². The van der Waals surface area contributed by atoms with Crippen LogP contribution in [0.5, 0.6) is 0 Å². The minimum absolute atomic E-state index is 0.696. The number of fused-ring (bicyclic) bond motifs is 1. The van der Waals surface area contributed by atoms with Gasteiger partial charge in [0, 0.05) is 10.9 Å². The van der Waals surface area contributed by atoms with E-state index in [-0.39, 0.29) is 0 Å². The zero-order valence-corrected chi connectivity index (χ0v) is 11.2. The lowest BCUT2D eigenvalue weighted by Gasteiger charge is -2.34. The molecule has 2 aliphatic rings. The molecule has 1 aromatic rings. The first-order chi connectivity index (χ1) is 8.45. The second-order valence-corrected chi connectivity index (χ2v) is 6.28. The minimum atomic E-state index is 0.696. The molecule has 1 aromatic carbocycles. The molecule has 17 heavy (non-hydrogen) atoms. The molecule has 2 heterocycles. The van der Waals surface area contributed by atoms with E-state index in [1.807, 2.05) is 0 Å². The third kappa shape index (κ3) is 2.53. The Hall–Kier alpha value is -0.470. The Kier molecular flexibility index (Phi) is 3.72. The number of thioether (sulfide) groups is 1. The van der Waals surface area contributed by atoms with Crippen molar-refractivity contribution in [1.29, 1.82) is 0 Å². The summed E-state index contributed by atoms with van der Waals surface area (Å²) in [5.41, 5.74) is 1.59. The molecule has 2 heteroatoms. The smallest absolute Gasteiger partial charge is 0.0359 e. The van der Waals surface area contributed by atoms with Crippen molar-refractivity contribution in [2.75, 3.05) is 18.8 Å². The Morgan fingerprint density at radius 2 is 1.82 bits per heavy atom. The van der Waals surface area contributed by atoms with Crippen LogP contribution >= 0.6 is 11.8 Å². The second kappa shape index (κ2) is 5.45. The van der Waals surface area contributed by atoms with Gasteiger partial charge in [-0.25, -0.2) is 0 Å². The van der Waals surface area contributed by atoms with Crippen molar-refractivity contribution in [3.63, 3.8) is 0 Å². The van der Waals surface area contributed by atoms with Crippen LogP contribution < -0.4 is 0 Å². The Bertz CT molecular complexity index is 371. The summed E-state index contributed by atoms with van der Waals surface area (Å²) >= 11 is 2.05. The van der Waals surface area contributed by atoms with Crippen molar-refractivity contribution in [2.24, 2.45) is 0 Å². The first kappa shape index (κ1) is 11.6. The maximum Gasteiger partial charge on any atom is 0.0359 e. The van der Waals surface area contributed by atoms with Crippen LogP contribution in [0.3, 0.4) is 0 Å². The minimum Gasteiger partial charge on any atom is -0.296 e. The van der Waals surface area contributed by atoms with Gasteiger partial charge in [-0.15, -0.1) is 11.8 Å². The standard InChI is InChI=1S/C15H21NS/c1-4-10-16(11-5-1)14-8-6-12-17-15-9-3-2-7-13(14)15/h2-3,7,9,14H,1,4-6,8,10-12H2. The van der Waals surface area contributed by atoms with Crippen molar-refractivity contribution in [3.8, 4) is 0 Å². The molecule has 92 valence electrons. The van der Waals surface area contributed by atoms with Crippen LogP contribution in [0.1, 0.15) is 43.7 Å². The van der Waals surface area contributed by atoms with Gasteiger partial charge in [0.25, 0.3) is 0 Å². The fourth-order valence-electron chi connectivity index (χ4n) is 3.11. The monoisotopic (exact) mass is 247 g/mol. The summed E-state index contributed by atoms with van der Waals surface area (Å²) in [6.07, 6.45) is 6.93. The number of rotatable bonds is 1. The average molecular weight is 247 g/mol. The van der Waals surface area contributed by atoms with Gasteiger partial charge in [0.1, 0.15) is 0 Å². The summed E-state index contributed by atoms with van der Waals surface area (Å²) in [6, 6.07) is 9.75. The van der Waals surface area contributed by atoms with Crippen LogP contribution in [0.2, 0.25) is 0 Å². The maximum absolute atomic E-state index is 2.73. The zero-order valence-electron chi connectivity index (χ0n) is 10.4. The van der Waals surface area contributed by atoms with Gasteiger partial charge in [0.2, 0.25) is 0 Å². The van der Waals surface area contributed by atoms with E-state index >= 15 is 0 Å². The van der Waals surface area contributed by atoms with Gasteiger partial charge < -0.3 is 0 Å². The highest BCUT2D eigenvalue weighted by Gasteiger charge is 2.25. The van der Waals surface area contributed by atoms with Crippen LogP contribution in [0, 0.1) is 0 Å². The lowest BCUT2D eigenvalue weighted by atomic mass is 9.98.